The van der Waals surface area contributed by atoms with Gasteiger partial charge in [0.05, 0.1) is 12.7 Å². The molecular formula is C10H12N4O4. The van der Waals surface area contributed by atoms with Gasteiger partial charge in [0.1, 0.15) is 23.9 Å². The van der Waals surface area contributed by atoms with E-state index in [0.717, 1.165) is 4.57 Å². The summed E-state index contributed by atoms with van der Waals surface area (Å²) in [5.41, 5.74) is 4.68. The topological polar surface area (TPSA) is 134 Å². The van der Waals surface area contributed by atoms with Crippen LogP contribution in [0.1, 0.15) is 6.23 Å². The molecule has 1 aromatic heterocycles. The van der Waals surface area contributed by atoms with Crippen molar-refractivity contribution in [1.29, 1.82) is 5.26 Å². The number of nitrogens with zero attached hydrogens (tertiary/aromatic N) is 3. The lowest BCUT2D eigenvalue weighted by Gasteiger charge is -2.16. The van der Waals surface area contributed by atoms with Crippen molar-refractivity contribution in [2.45, 2.75) is 18.4 Å². The summed E-state index contributed by atoms with van der Waals surface area (Å²) in [6, 6.07) is 3.25. The molecule has 0 saturated carbocycles. The molecule has 18 heavy (non-hydrogen) atoms. The highest BCUT2D eigenvalue weighted by Crippen LogP contribution is 2.33. The van der Waals surface area contributed by atoms with Crippen LogP contribution in [0.4, 0.5) is 5.82 Å². The smallest absolute Gasteiger partial charge is 0.351 e. The van der Waals surface area contributed by atoms with Gasteiger partial charge in [0.25, 0.3) is 0 Å². The van der Waals surface area contributed by atoms with Gasteiger partial charge in [-0.25, -0.2) is 4.79 Å². The second kappa shape index (κ2) is 4.73. The van der Waals surface area contributed by atoms with E-state index < -0.39 is 36.7 Å². The van der Waals surface area contributed by atoms with E-state index in [2.05, 4.69) is 4.98 Å². The number of aliphatic hydroxyl groups excluding tert-OH is 2. The summed E-state index contributed by atoms with van der Waals surface area (Å²) in [6.45, 7) is -0.438. The molecule has 4 atom stereocenters. The number of nitriles is 1. The Kier molecular flexibility index (Phi) is 3.29. The third-order valence-corrected chi connectivity index (χ3v) is 2.82. The maximum absolute atomic E-state index is 11.6. The molecular weight excluding hydrogens is 240 g/mol. The standard InChI is InChI=1S/C10H12N4O4/c11-3-5-8(16)6(4-15)18-9(5)14-2-1-7(12)13-10(14)17/h1-2,5-6,8-9,15-16H,4H2,(H2,12,13,17)/t5-,6?,8-,9+/m0/s1. The Morgan fingerprint density at radius 2 is 2.39 bits per heavy atom. The number of ether oxygens (including phenoxy) is 1. The fourth-order valence-electron chi connectivity index (χ4n) is 1.89. The lowest BCUT2D eigenvalue weighted by Crippen LogP contribution is -2.31. The van der Waals surface area contributed by atoms with E-state index >= 15 is 0 Å². The molecule has 2 heterocycles. The van der Waals surface area contributed by atoms with Gasteiger partial charge >= 0.3 is 5.69 Å². The lowest BCUT2D eigenvalue weighted by molar-refractivity contribution is -0.0469. The molecule has 8 heteroatoms. The van der Waals surface area contributed by atoms with Gasteiger partial charge in [-0.3, -0.25) is 4.57 Å². The molecule has 0 amide bonds. The van der Waals surface area contributed by atoms with E-state index in [-0.39, 0.29) is 5.82 Å². The first-order valence-electron chi connectivity index (χ1n) is 5.27. The van der Waals surface area contributed by atoms with Crippen LogP contribution in [0.2, 0.25) is 0 Å². The molecule has 4 N–H and O–H groups in total. The summed E-state index contributed by atoms with van der Waals surface area (Å²) in [4.78, 5) is 15.1. The van der Waals surface area contributed by atoms with Crippen LogP contribution in [0.3, 0.4) is 0 Å². The van der Waals surface area contributed by atoms with E-state index in [1.165, 1.54) is 12.3 Å². The normalized spacial score (nSPS) is 31.2. The average molecular weight is 252 g/mol. The first-order chi connectivity index (χ1) is 8.58. The molecule has 96 valence electrons. The Morgan fingerprint density at radius 1 is 1.67 bits per heavy atom. The van der Waals surface area contributed by atoms with Crippen molar-refractivity contribution in [3.05, 3.63) is 22.7 Å². The van der Waals surface area contributed by atoms with Crippen molar-refractivity contribution in [3.8, 4) is 6.07 Å². The SMILES string of the molecule is N#C[C@H]1[C@H](O)C(CO)O[C@H]1n1ccc(N)nc1=O. The minimum absolute atomic E-state index is 0.0574. The Hall–Kier alpha value is -1.95. The summed E-state index contributed by atoms with van der Waals surface area (Å²) in [5, 5.41) is 27.8. The van der Waals surface area contributed by atoms with Crippen LogP contribution in [0.5, 0.6) is 0 Å². The predicted octanol–water partition coefficient (Wildman–Crippen LogP) is -1.78. The van der Waals surface area contributed by atoms with E-state index in [1.54, 1.807) is 0 Å². The molecule has 1 unspecified atom stereocenters. The van der Waals surface area contributed by atoms with Crippen molar-refractivity contribution < 1.29 is 14.9 Å². The largest absolute Gasteiger partial charge is 0.394 e. The molecule has 1 saturated heterocycles. The molecule has 1 aliphatic rings. The summed E-state index contributed by atoms with van der Waals surface area (Å²) in [7, 11) is 0. The van der Waals surface area contributed by atoms with E-state index in [4.69, 9.17) is 20.8 Å². The average Bonchev–Trinajstić information content (AvgIpc) is 2.65. The highest BCUT2D eigenvalue weighted by molar-refractivity contribution is 5.23. The maximum atomic E-state index is 11.6. The van der Waals surface area contributed by atoms with Crippen LogP contribution in [0.15, 0.2) is 17.1 Å². The third kappa shape index (κ3) is 1.95. The maximum Gasteiger partial charge on any atom is 0.351 e. The number of hydrogen-bond acceptors (Lipinski definition) is 7. The van der Waals surface area contributed by atoms with Gasteiger partial charge in [0.2, 0.25) is 0 Å². The number of nitrogens with two attached hydrogens (primary N) is 1. The molecule has 1 fully saturated rings. The summed E-state index contributed by atoms with van der Waals surface area (Å²) >= 11 is 0. The van der Waals surface area contributed by atoms with Crippen LogP contribution in [0.25, 0.3) is 0 Å². The Bertz CT molecular complexity index is 537. The second-order valence-corrected chi connectivity index (χ2v) is 3.94. The zero-order valence-electron chi connectivity index (χ0n) is 9.30. The second-order valence-electron chi connectivity index (χ2n) is 3.94. The van der Waals surface area contributed by atoms with Crippen LogP contribution in [0, 0.1) is 17.2 Å². The van der Waals surface area contributed by atoms with Crippen LogP contribution >= 0.6 is 0 Å². The fourth-order valence-corrected chi connectivity index (χ4v) is 1.89. The summed E-state index contributed by atoms with van der Waals surface area (Å²) in [5.74, 6) is -0.896. The Labute approximate surface area is 102 Å². The quantitative estimate of drug-likeness (QED) is 0.566. The number of rotatable bonds is 2. The molecule has 2 rings (SSSR count). The number of nitrogen functional groups attached to an aromatic ring is 1. The van der Waals surface area contributed by atoms with Gasteiger partial charge in [0, 0.05) is 6.20 Å². The number of aromatic nitrogens is 2. The Balaban J connectivity index is 2.39. The summed E-state index contributed by atoms with van der Waals surface area (Å²) in [6.07, 6.45) is -1.70. The first-order valence-corrected chi connectivity index (χ1v) is 5.27. The monoisotopic (exact) mass is 252 g/mol. The van der Waals surface area contributed by atoms with E-state index in [1.807, 2.05) is 6.07 Å². The van der Waals surface area contributed by atoms with Gasteiger partial charge < -0.3 is 20.7 Å². The molecule has 0 bridgehead atoms. The van der Waals surface area contributed by atoms with Crippen molar-refractivity contribution in [2.24, 2.45) is 5.92 Å². The van der Waals surface area contributed by atoms with Crippen molar-refractivity contribution >= 4 is 5.82 Å². The molecule has 1 aromatic rings. The van der Waals surface area contributed by atoms with Crippen molar-refractivity contribution in [3.63, 3.8) is 0 Å². The lowest BCUT2D eigenvalue weighted by atomic mass is 10.0. The number of anilines is 1. The fraction of sp³-hybridized carbons (Fsp3) is 0.500. The van der Waals surface area contributed by atoms with Crippen LogP contribution in [-0.4, -0.2) is 38.6 Å². The third-order valence-electron chi connectivity index (χ3n) is 2.82. The zero-order chi connectivity index (χ0) is 13.3. The van der Waals surface area contributed by atoms with E-state index in [0.29, 0.717) is 0 Å². The molecule has 0 spiro atoms. The number of aliphatic hydroxyl groups is 2. The zero-order valence-corrected chi connectivity index (χ0v) is 9.30. The summed E-state index contributed by atoms with van der Waals surface area (Å²) < 4.78 is 6.37. The van der Waals surface area contributed by atoms with E-state index in [9.17, 15) is 9.90 Å². The predicted molar refractivity (Wildman–Crippen MR) is 59.0 cm³/mol. The highest BCUT2D eigenvalue weighted by Gasteiger charge is 2.45. The molecule has 0 radical (unpaired) electrons. The van der Waals surface area contributed by atoms with Crippen LogP contribution in [-0.2, 0) is 4.74 Å². The molecule has 8 nitrogen and oxygen atoms in total. The van der Waals surface area contributed by atoms with Gasteiger partial charge in [0.15, 0.2) is 6.23 Å². The van der Waals surface area contributed by atoms with Crippen LogP contribution < -0.4 is 11.4 Å². The minimum atomic E-state index is -1.16. The number of hydrogen-bond donors (Lipinski definition) is 3. The minimum Gasteiger partial charge on any atom is -0.394 e. The van der Waals surface area contributed by atoms with Gasteiger partial charge in [-0.2, -0.15) is 10.2 Å². The first kappa shape index (κ1) is 12.5. The van der Waals surface area contributed by atoms with Gasteiger partial charge in [-0.05, 0) is 6.07 Å². The van der Waals surface area contributed by atoms with Crippen molar-refractivity contribution in [1.82, 2.24) is 9.55 Å². The van der Waals surface area contributed by atoms with Gasteiger partial charge in [-0.15, -0.1) is 0 Å². The highest BCUT2D eigenvalue weighted by atomic mass is 16.5. The van der Waals surface area contributed by atoms with Crippen molar-refractivity contribution in [2.75, 3.05) is 12.3 Å². The molecule has 1 aliphatic heterocycles. The molecule has 0 aliphatic carbocycles. The Morgan fingerprint density at radius 3 is 2.94 bits per heavy atom. The van der Waals surface area contributed by atoms with Gasteiger partial charge in [-0.1, -0.05) is 0 Å². The molecule has 0 aromatic carbocycles.